The molecule has 1 aliphatic carbocycles. The smallest absolute Gasteiger partial charge is 0.246 e. The Balaban J connectivity index is 1.40. The SMILES string of the molecule is CCO[C@@H]1C[C@@H]2CN(C(=O)[C@@H](NC(=O)[C@@H](CC)CO)C3CCCCC3)[C@H](C(=O)N[C@@H]3CCOc4ccccc43)CN2C1. The van der Waals surface area contributed by atoms with Crippen LogP contribution in [0.2, 0.25) is 0 Å². The third-order valence-electron chi connectivity index (χ3n) is 9.71. The Hall–Kier alpha value is -2.69. The number of nitrogens with one attached hydrogen (secondary N) is 2. The van der Waals surface area contributed by atoms with Crippen LogP contribution in [0.4, 0.5) is 0 Å². The molecule has 6 atom stereocenters. The lowest BCUT2D eigenvalue weighted by Gasteiger charge is -2.45. The van der Waals surface area contributed by atoms with Crippen molar-refractivity contribution in [3.05, 3.63) is 29.8 Å². The van der Waals surface area contributed by atoms with Crippen LogP contribution >= 0.6 is 0 Å². The molecule has 0 bridgehead atoms. The van der Waals surface area contributed by atoms with Gasteiger partial charge in [0.2, 0.25) is 17.7 Å². The lowest BCUT2D eigenvalue weighted by atomic mass is 9.82. The van der Waals surface area contributed by atoms with E-state index in [4.69, 9.17) is 9.47 Å². The number of rotatable bonds is 10. The van der Waals surface area contributed by atoms with Gasteiger partial charge in [-0.15, -0.1) is 0 Å². The van der Waals surface area contributed by atoms with Crippen LogP contribution < -0.4 is 15.4 Å². The van der Waals surface area contributed by atoms with Gasteiger partial charge in [0.05, 0.1) is 31.3 Å². The fourth-order valence-electron chi connectivity index (χ4n) is 7.31. The van der Waals surface area contributed by atoms with Crippen LogP contribution in [0.3, 0.4) is 0 Å². The van der Waals surface area contributed by atoms with Gasteiger partial charge in [0, 0.05) is 44.3 Å². The molecule has 1 saturated carbocycles. The number of ether oxygens (including phenoxy) is 2. The van der Waals surface area contributed by atoms with E-state index in [0.29, 0.717) is 39.1 Å². The number of fused-ring (bicyclic) bond motifs is 2. The average molecular weight is 585 g/mol. The minimum atomic E-state index is -0.715. The molecule has 3 amide bonds. The lowest BCUT2D eigenvalue weighted by molar-refractivity contribution is -0.150. The van der Waals surface area contributed by atoms with Crippen molar-refractivity contribution >= 4 is 17.7 Å². The molecule has 3 fully saturated rings. The number of piperazine rings is 1. The number of para-hydroxylation sites is 1. The first-order valence-electron chi connectivity index (χ1n) is 16.0. The van der Waals surface area contributed by atoms with Crippen LogP contribution in [0.25, 0.3) is 0 Å². The largest absolute Gasteiger partial charge is 0.493 e. The summed E-state index contributed by atoms with van der Waals surface area (Å²) < 4.78 is 11.8. The summed E-state index contributed by atoms with van der Waals surface area (Å²) in [5.74, 6) is -0.432. The molecule has 2 saturated heterocycles. The first-order valence-corrected chi connectivity index (χ1v) is 16.0. The standard InChI is InChI=1S/C32H48N4O6/c1-3-21(20-37)30(38)34-29(22-10-6-5-7-11-22)32(40)36-17-23-16-24(41-4-2)18-35(23)19-27(36)31(39)33-26-14-15-42-28-13-9-8-12-25(26)28/h8-9,12-13,21-24,26-27,29,37H,3-7,10-11,14-20H2,1-2H3,(H,33,39)(H,34,38)/t21-,23+,24+,26+,27-,29-/m0/s1. The van der Waals surface area contributed by atoms with Crippen molar-refractivity contribution in [1.29, 1.82) is 0 Å². The number of hydrogen-bond donors (Lipinski definition) is 3. The van der Waals surface area contributed by atoms with Gasteiger partial charge >= 0.3 is 0 Å². The zero-order valence-corrected chi connectivity index (χ0v) is 25.1. The predicted octanol–water partition coefficient (Wildman–Crippen LogP) is 2.40. The molecule has 0 radical (unpaired) electrons. The van der Waals surface area contributed by atoms with E-state index in [9.17, 15) is 19.5 Å². The topological polar surface area (TPSA) is 120 Å². The van der Waals surface area contributed by atoms with Crippen molar-refractivity contribution < 1.29 is 29.0 Å². The number of carbonyl (C=O) groups excluding carboxylic acids is 3. The summed E-state index contributed by atoms with van der Waals surface area (Å²) in [5, 5.41) is 16.1. The van der Waals surface area contributed by atoms with Crippen molar-refractivity contribution in [3.8, 4) is 5.75 Å². The monoisotopic (exact) mass is 584 g/mol. The van der Waals surface area contributed by atoms with Crippen molar-refractivity contribution in [2.75, 3.05) is 39.5 Å². The third-order valence-corrected chi connectivity index (χ3v) is 9.71. The van der Waals surface area contributed by atoms with Crippen LogP contribution in [-0.4, -0.2) is 96.3 Å². The van der Waals surface area contributed by atoms with Crippen LogP contribution in [0.5, 0.6) is 5.75 Å². The summed E-state index contributed by atoms with van der Waals surface area (Å²) >= 11 is 0. The fourth-order valence-corrected chi connectivity index (χ4v) is 7.31. The third kappa shape index (κ3) is 6.76. The Morgan fingerprint density at radius 2 is 1.86 bits per heavy atom. The van der Waals surface area contributed by atoms with Gasteiger partial charge in [0.15, 0.2) is 0 Å². The van der Waals surface area contributed by atoms with E-state index in [1.165, 1.54) is 0 Å². The van der Waals surface area contributed by atoms with E-state index in [1.807, 2.05) is 38.1 Å². The highest BCUT2D eigenvalue weighted by Gasteiger charge is 2.47. The first-order chi connectivity index (χ1) is 20.4. The highest BCUT2D eigenvalue weighted by molar-refractivity contribution is 5.93. The maximum absolute atomic E-state index is 14.5. The number of amides is 3. The quantitative estimate of drug-likeness (QED) is 0.386. The Bertz CT molecular complexity index is 1090. The molecular weight excluding hydrogens is 536 g/mol. The summed E-state index contributed by atoms with van der Waals surface area (Å²) in [6.07, 6.45) is 6.90. The summed E-state index contributed by atoms with van der Waals surface area (Å²) in [4.78, 5) is 45.8. The molecule has 3 N–H and O–H groups in total. The molecule has 5 rings (SSSR count). The maximum Gasteiger partial charge on any atom is 0.246 e. The molecule has 3 heterocycles. The van der Waals surface area contributed by atoms with Crippen LogP contribution in [-0.2, 0) is 19.1 Å². The minimum Gasteiger partial charge on any atom is -0.493 e. The zero-order chi connectivity index (χ0) is 29.6. The summed E-state index contributed by atoms with van der Waals surface area (Å²) in [5.41, 5.74) is 0.947. The summed E-state index contributed by atoms with van der Waals surface area (Å²) in [7, 11) is 0. The van der Waals surface area contributed by atoms with E-state index in [1.54, 1.807) is 4.90 Å². The van der Waals surface area contributed by atoms with E-state index >= 15 is 0 Å². The van der Waals surface area contributed by atoms with Gasteiger partial charge in [0.1, 0.15) is 17.8 Å². The molecule has 0 unspecified atom stereocenters. The van der Waals surface area contributed by atoms with Crippen LogP contribution in [0, 0.1) is 11.8 Å². The van der Waals surface area contributed by atoms with Crippen LogP contribution in [0.15, 0.2) is 24.3 Å². The molecule has 1 aromatic carbocycles. The summed E-state index contributed by atoms with van der Waals surface area (Å²) in [6, 6.07) is 6.26. The second-order valence-corrected chi connectivity index (χ2v) is 12.3. The maximum atomic E-state index is 14.5. The average Bonchev–Trinajstić information content (AvgIpc) is 3.41. The van der Waals surface area contributed by atoms with Gasteiger partial charge in [-0.1, -0.05) is 44.4 Å². The number of aliphatic hydroxyl groups is 1. The number of aliphatic hydroxyl groups excluding tert-OH is 1. The molecule has 1 aromatic rings. The minimum absolute atomic E-state index is 0.00950. The second kappa shape index (κ2) is 14.2. The molecule has 10 heteroatoms. The predicted molar refractivity (Wildman–Crippen MR) is 158 cm³/mol. The van der Waals surface area contributed by atoms with Gasteiger partial charge in [-0.3, -0.25) is 19.3 Å². The molecule has 0 aromatic heterocycles. The van der Waals surface area contributed by atoms with E-state index in [2.05, 4.69) is 15.5 Å². The molecule has 4 aliphatic rings. The number of nitrogens with zero attached hydrogens (tertiary/aromatic N) is 2. The van der Waals surface area contributed by atoms with Gasteiger partial charge < -0.3 is 30.1 Å². The molecule has 3 aliphatic heterocycles. The van der Waals surface area contributed by atoms with E-state index < -0.39 is 18.0 Å². The lowest BCUT2D eigenvalue weighted by Crippen LogP contribution is -2.66. The molecular formula is C32H48N4O6. The highest BCUT2D eigenvalue weighted by atomic mass is 16.5. The molecule has 10 nitrogen and oxygen atoms in total. The molecule has 42 heavy (non-hydrogen) atoms. The normalized spacial score (nSPS) is 27.7. The van der Waals surface area contributed by atoms with Crippen molar-refractivity contribution in [2.45, 2.75) is 95.5 Å². The van der Waals surface area contributed by atoms with Crippen LogP contribution in [0.1, 0.15) is 76.8 Å². The highest BCUT2D eigenvalue weighted by Crippen LogP contribution is 2.34. The van der Waals surface area contributed by atoms with E-state index in [-0.39, 0.29) is 48.4 Å². The van der Waals surface area contributed by atoms with Gasteiger partial charge in [0.25, 0.3) is 0 Å². The molecule has 232 valence electrons. The summed E-state index contributed by atoms with van der Waals surface area (Å²) in [6.45, 7) is 6.31. The Morgan fingerprint density at radius 3 is 2.60 bits per heavy atom. The number of carbonyl (C=O) groups is 3. The van der Waals surface area contributed by atoms with Gasteiger partial charge in [-0.25, -0.2) is 0 Å². The Morgan fingerprint density at radius 1 is 1.07 bits per heavy atom. The Labute approximate surface area is 249 Å². The fraction of sp³-hybridized carbons (Fsp3) is 0.719. The van der Waals surface area contributed by atoms with E-state index in [0.717, 1.165) is 56.4 Å². The van der Waals surface area contributed by atoms with Gasteiger partial charge in [-0.2, -0.15) is 0 Å². The number of benzene rings is 1. The van der Waals surface area contributed by atoms with Gasteiger partial charge in [-0.05, 0) is 44.6 Å². The molecule has 0 spiro atoms. The van der Waals surface area contributed by atoms with Crippen molar-refractivity contribution in [3.63, 3.8) is 0 Å². The zero-order valence-electron chi connectivity index (χ0n) is 25.1. The Kier molecular flexibility index (Phi) is 10.4. The second-order valence-electron chi connectivity index (χ2n) is 12.3. The number of hydrogen-bond acceptors (Lipinski definition) is 7. The first kappa shape index (κ1) is 30.8. The van der Waals surface area contributed by atoms with Crippen molar-refractivity contribution in [1.82, 2.24) is 20.4 Å². The van der Waals surface area contributed by atoms with Crippen molar-refractivity contribution in [2.24, 2.45) is 11.8 Å².